The van der Waals surface area contributed by atoms with Gasteiger partial charge in [0.1, 0.15) is 5.82 Å². The van der Waals surface area contributed by atoms with Crippen molar-refractivity contribution in [2.75, 3.05) is 57.0 Å². The van der Waals surface area contributed by atoms with Crippen LogP contribution in [0.15, 0.2) is 29.3 Å². The average Bonchev–Trinajstić information content (AvgIpc) is 2.66. The van der Waals surface area contributed by atoms with Crippen molar-refractivity contribution >= 4 is 45.6 Å². The molecule has 1 aromatic rings. The van der Waals surface area contributed by atoms with E-state index in [1.807, 2.05) is 0 Å². The molecule has 1 aromatic carbocycles. The lowest BCUT2D eigenvalue weighted by molar-refractivity contribution is 0.279. The zero-order chi connectivity index (χ0) is 19.4. The van der Waals surface area contributed by atoms with Crippen LogP contribution in [-0.2, 0) is 10.0 Å². The highest BCUT2D eigenvalue weighted by atomic mass is 127. The van der Waals surface area contributed by atoms with Crippen LogP contribution in [0.25, 0.3) is 0 Å². The quantitative estimate of drug-likeness (QED) is 0.367. The zero-order valence-electron chi connectivity index (χ0n) is 16.1. The van der Waals surface area contributed by atoms with Gasteiger partial charge in [0.25, 0.3) is 0 Å². The smallest absolute Gasteiger partial charge is 0.211 e. The van der Waals surface area contributed by atoms with E-state index >= 15 is 0 Å². The number of nitrogens with zero attached hydrogens (tertiary/aromatic N) is 4. The van der Waals surface area contributed by atoms with Gasteiger partial charge >= 0.3 is 0 Å². The third kappa shape index (κ3) is 6.18. The number of piperidine rings is 1. The van der Waals surface area contributed by atoms with Crippen molar-refractivity contribution in [3.05, 3.63) is 30.1 Å². The molecule has 0 bridgehead atoms. The summed E-state index contributed by atoms with van der Waals surface area (Å²) in [4.78, 5) is 8.84. The molecule has 2 aliphatic rings. The van der Waals surface area contributed by atoms with Gasteiger partial charge in [0.15, 0.2) is 5.96 Å². The molecular formula is C18H29FIN5O2S. The highest BCUT2D eigenvalue weighted by molar-refractivity contribution is 14.0. The molecule has 2 heterocycles. The summed E-state index contributed by atoms with van der Waals surface area (Å²) in [5.41, 5.74) is 7.19. The molecule has 2 saturated heterocycles. The van der Waals surface area contributed by atoms with E-state index in [9.17, 15) is 12.8 Å². The summed E-state index contributed by atoms with van der Waals surface area (Å²) in [6.45, 7) is 4.95. The number of piperazine rings is 1. The Morgan fingerprint density at radius 3 is 2.21 bits per heavy atom. The van der Waals surface area contributed by atoms with Crippen molar-refractivity contribution in [2.24, 2.45) is 16.6 Å². The molecule has 10 heteroatoms. The molecule has 2 aliphatic heterocycles. The molecule has 0 aromatic heterocycles. The minimum Gasteiger partial charge on any atom is -0.370 e. The Balaban J connectivity index is 0.00000280. The van der Waals surface area contributed by atoms with E-state index in [-0.39, 0.29) is 29.8 Å². The SMILES string of the molecule is CS(=O)(=O)N1CCC(CN=C(N)N2CCN(c3ccc(F)cc3)CC2)CC1.I. The topological polar surface area (TPSA) is 82.2 Å². The Hall–Kier alpha value is -1.14. The fraction of sp³-hybridized carbons (Fsp3) is 0.611. The molecule has 0 radical (unpaired) electrons. The molecule has 0 spiro atoms. The lowest BCUT2D eigenvalue weighted by Crippen LogP contribution is -2.51. The van der Waals surface area contributed by atoms with E-state index in [1.54, 1.807) is 12.1 Å². The Morgan fingerprint density at radius 2 is 1.68 bits per heavy atom. The van der Waals surface area contributed by atoms with Crippen LogP contribution in [0.2, 0.25) is 0 Å². The van der Waals surface area contributed by atoms with E-state index in [0.717, 1.165) is 44.7 Å². The Morgan fingerprint density at radius 1 is 1.11 bits per heavy atom. The molecule has 0 atom stereocenters. The van der Waals surface area contributed by atoms with E-state index in [4.69, 9.17) is 5.73 Å². The average molecular weight is 525 g/mol. The number of sulfonamides is 1. The molecule has 3 rings (SSSR count). The van der Waals surface area contributed by atoms with Gasteiger partial charge in [0, 0.05) is 51.5 Å². The largest absolute Gasteiger partial charge is 0.370 e. The summed E-state index contributed by atoms with van der Waals surface area (Å²) >= 11 is 0. The van der Waals surface area contributed by atoms with Crippen LogP contribution in [0.5, 0.6) is 0 Å². The highest BCUT2D eigenvalue weighted by Crippen LogP contribution is 2.20. The summed E-state index contributed by atoms with van der Waals surface area (Å²) < 4.78 is 37.7. The first-order chi connectivity index (χ1) is 12.8. The molecule has 2 N–H and O–H groups in total. The number of nitrogens with two attached hydrogens (primary N) is 1. The van der Waals surface area contributed by atoms with Crippen molar-refractivity contribution in [1.82, 2.24) is 9.21 Å². The first kappa shape index (κ1) is 23.1. The lowest BCUT2D eigenvalue weighted by atomic mass is 9.98. The Bertz CT molecular complexity index is 759. The maximum Gasteiger partial charge on any atom is 0.211 e. The van der Waals surface area contributed by atoms with Crippen LogP contribution in [0.3, 0.4) is 0 Å². The van der Waals surface area contributed by atoms with Crippen LogP contribution in [0, 0.1) is 11.7 Å². The number of hydrogen-bond acceptors (Lipinski definition) is 4. The van der Waals surface area contributed by atoms with Crippen molar-refractivity contribution in [3.63, 3.8) is 0 Å². The summed E-state index contributed by atoms with van der Waals surface area (Å²) in [6.07, 6.45) is 2.90. The second-order valence-electron chi connectivity index (χ2n) is 7.25. The number of halogens is 2. The molecule has 0 saturated carbocycles. The van der Waals surface area contributed by atoms with Gasteiger partial charge in [-0.2, -0.15) is 0 Å². The van der Waals surface area contributed by atoms with Gasteiger partial charge in [-0.25, -0.2) is 17.1 Å². The summed E-state index contributed by atoms with van der Waals surface area (Å²) in [6, 6.07) is 6.55. The second-order valence-corrected chi connectivity index (χ2v) is 9.24. The molecule has 0 unspecified atom stereocenters. The van der Waals surface area contributed by atoms with E-state index in [1.165, 1.54) is 22.7 Å². The van der Waals surface area contributed by atoms with Gasteiger partial charge in [-0.15, -0.1) is 24.0 Å². The number of hydrogen-bond donors (Lipinski definition) is 1. The summed E-state index contributed by atoms with van der Waals surface area (Å²) in [7, 11) is -3.09. The van der Waals surface area contributed by atoms with Gasteiger partial charge < -0.3 is 15.5 Å². The monoisotopic (exact) mass is 525 g/mol. The lowest BCUT2D eigenvalue weighted by Gasteiger charge is -2.36. The van der Waals surface area contributed by atoms with Gasteiger partial charge in [-0.3, -0.25) is 4.99 Å². The first-order valence-corrected chi connectivity index (χ1v) is 11.2. The van der Waals surface area contributed by atoms with Gasteiger partial charge in [0.05, 0.1) is 6.26 Å². The number of aliphatic imine (C=N–C) groups is 1. The van der Waals surface area contributed by atoms with Gasteiger partial charge in [-0.1, -0.05) is 0 Å². The molecule has 158 valence electrons. The third-order valence-corrected chi connectivity index (χ3v) is 6.65. The van der Waals surface area contributed by atoms with Crippen molar-refractivity contribution < 1.29 is 12.8 Å². The third-order valence-electron chi connectivity index (χ3n) is 5.35. The Kier molecular flexibility index (Phi) is 8.31. The number of guanidine groups is 1. The van der Waals surface area contributed by atoms with Crippen LogP contribution in [-0.4, -0.2) is 75.7 Å². The molecule has 28 heavy (non-hydrogen) atoms. The van der Waals surface area contributed by atoms with Gasteiger partial charge in [-0.05, 0) is 43.0 Å². The fourth-order valence-electron chi connectivity index (χ4n) is 3.59. The minimum atomic E-state index is -3.09. The maximum absolute atomic E-state index is 13.0. The van der Waals surface area contributed by atoms with E-state index in [2.05, 4.69) is 14.8 Å². The summed E-state index contributed by atoms with van der Waals surface area (Å²) in [5, 5.41) is 0. The molecular weight excluding hydrogens is 496 g/mol. The normalized spacial score (nSPS) is 20.1. The highest BCUT2D eigenvalue weighted by Gasteiger charge is 2.25. The predicted molar refractivity (Wildman–Crippen MR) is 121 cm³/mol. The van der Waals surface area contributed by atoms with Crippen LogP contribution in [0.1, 0.15) is 12.8 Å². The summed E-state index contributed by atoms with van der Waals surface area (Å²) in [5.74, 6) is 0.706. The van der Waals surface area contributed by atoms with E-state index in [0.29, 0.717) is 31.5 Å². The maximum atomic E-state index is 13.0. The standard InChI is InChI=1S/C18H28FN5O2S.HI/c1-27(25,26)24-8-6-15(7-9-24)14-21-18(20)23-12-10-22(11-13-23)17-4-2-16(19)3-5-17;/h2-5,15H,6-14H2,1H3,(H2,20,21);1H. The molecule has 0 aliphatic carbocycles. The number of anilines is 1. The van der Waals surface area contributed by atoms with Crippen LogP contribution < -0.4 is 10.6 Å². The van der Waals surface area contributed by atoms with Gasteiger partial charge in [0.2, 0.25) is 10.0 Å². The van der Waals surface area contributed by atoms with Crippen LogP contribution in [0.4, 0.5) is 10.1 Å². The van der Waals surface area contributed by atoms with E-state index < -0.39 is 10.0 Å². The molecule has 0 amide bonds. The number of benzene rings is 1. The zero-order valence-corrected chi connectivity index (χ0v) is 19.3. The predicted octanol–water partition coefficient (Wildman–Crippen LogP) is 1.55. The first-order valence-electron chi connectivity index (χ1n) is 9.33. The van der Waals surface area contributed by atoms with Crippen molar-refractivity contribution in [2.45, 2.75) is 12.8 Å². The van der Waals surface area contributed by atoms with Crippen molar-refractivity contribution in [1.29, 1.82) is 0 Å². The number of rotatable bonds is 4. The van der Waals surface area contributed by atoms with Crippen LogP contribution >= 0.6 is 24.0 Å². The van der Waals surface area contributed by atoms with Crippen molar-refractivity contribution in [3.8, 4) is 0 Å². The molecule has 2 fully saturated rings. The second kappa shape index (κ2) is 10.1. The minimum absolute atomic E-state index is 0. The fourth-order valence-corrected chi connectivity index (χ4v) is 4.47. The molecule has 7 nitrogen and oxygen atoms in total. The Labute approximate surface area is 183 Å².